The Bertz CT molecular complexity index is 379. The van der Waals surface area contributed by atoms with E-state index in [-0.39, 0.29) is 22.1 Å². The molecule has 0 radical (unpaired) electrons. The summed E-state index contributed by atoms with van der Waals surface area (Å²) in [5.41, 5.74) is 4.83. The van der Waals surface area contributed by atoms with Gasteiger partial charge in [0.05, 0.1) is 5.69 Å². The van der Waals surface area contributed by atoms with Crippen LogP contribution in [-0.4, -0.2) is 5.78 Å². The van der Waals surface area contributed by atoms with Crippen molar-refractivity contribution < 1.29 is 13.6 Å². The topological polar surface area (TPSA) is 43.1 Å². The zero-order chi connectivity index (χ0) is 10.9. The van der Waals surface area contributed by atoms with Crippen molar-refractivity contribution in [3.63, 3.8) is 0 Å². The van der Waals surface area contributed by atoms with Crippen LogP contribution in [0.4, 0.5) is 14.5 Å². The fourth-order valence-corrected chi connectivity index (χ4v) is 1.34. The van der Waals surface area contributed by atoms with Gasteiger partial charge in [0.15, 0.2) is 5.78 Å². The molecule has 0 unspecified atom stereocenters. The number of carbonyl (C=O) groups is 1. The van der Waals surface area contributed by atoms with Crippen molar-refractivity contribution in [1.82, 2.24) is 0 Å². The summed E-state index contributed by atoms with van der Waals surface area (Å²) in [5.74, 6) is -0.383. The molecular weight excluding hydrogens is 212 g/mol. The average Bonchev–Trinajstić information content (AvgIpc) is 2.07. The molecule has 0 fully saturated rings. The second-order valence-electron chi connectivity index (χ2n) is 2.81. The molecule has 0 aliphatic rings. The van der Waals surface area contributed by atoms with E-state index in [1.54, 1.807) is 0 Å². The molecule has 0 saturated carbocycles. The molecule has 1 aromatic carbocycles. The molecule has 2 N–H and O–H groups in total. The van der Waals surface area contributed by atoms with Crippen molar-refractivity contribution in [2.24, 2.45) is 0 Å². The largest absolute Gasteiger partial charge is 0.398 e. The van der Waals surface area contributed by atoms with Crippen LogP contribution in [0.2, 0.25) is 5.02 Å². The Kier molecular flexibility index (Phi) is 3.06. The first-order valence-electron chi connectivity index (χ1n) is 3.81. The fraction of sp³-hybridized carbons (Fsp3) is 0.222. The van der Waals surface area contributed by atoms with Crippen molar-refractivity contribution in [3.8, 4) is 0 Å². The average molecular weight is 220 g/mol. The van der Waals surface area contributed by atoms with E-state index in [4.69, 9.17) is 17.3 Å². The molecule has 0 aliphatic carbocycles. The number of ketones is 1. The lowest BCUT2D eigenvalue weighted by Crippen LogP contribution is -2.04. The van der Waals surface area contributed by atoms with Gasteiger partial charge in [-0.3, -0.25) is 4.79 Å². The number of nitrogen functional groups attached to an aromatic ring is 1. The molecule has 76 valence electrons. The highest BCUT2D eigenvalue weighted by Crippen LogP contribution is 2.31. The summed E-state index contributed by atoms with van der Waals surface area (Å²) < 4.78 is 24.8. The molecule has 0 bridgehead atoms. The lowest BCUT2D eigenvalue weighted by Gasteiger charge is -2.08. The lowest BCUT2D eigenvalue weighted by atomic mass is 10.0. The summed E-state index contributed by atoms with van der Waals surface area (Å²) in [6.07, 6.45) is -2.73. The first kappa shape index (κ1) is 10.9. The van der Waals surface area contributed by atoms with Gasteiger partial charge in [-0.1, -0.05) is 11.6 Å². The third-order valence-electron chi connectivity index (χ3n) is 1.79. The van der Waals surface area contributed by atoms with Crippen LogP contribution in [0.25, 0.3) is 0 Å². The van der Waals surface area contributed by atoms with Crippen LogP contribution < -0.4 is 5.73 Å². The van der Waals surface area contributed by atoms with Crippen LogP contribution in [0, 0.1) is 0 Å². The number of carbonyl (C=O) groups excluding carboxylic acids is 1. The Morgan fingerprint density at radius 2 is 2.07 bits per heavy atom. The monoisotopic (exact) mass is 219 g/mol. The fourth-order valence-electron chi connectivity index (χ4n) is 1.11. The summed E-state index contributed by atoms with van der Waals surface area (Å²) in [5, 5.41) is 0.0831. The van der Waals surface area contributed by atoms with E-state index in [0.29, 0.717) is 0 Å². The van der Waals surface area contributed by atoms with E-state index < -0.39 is 12.0 Å². The minimum atomic E-state index is -2.73. The van der Waals surface area contributed by atoms with Crippen molar-refractivity contribution in [2.75, 3.05) is 5.73 Å². The zero-order valence-corrected chi connectivity index (χ0v) is 8.11. The maximum Gasteiger partial charge on any atom is 0.265 e. The minimum absolute atomic E-state index is 0.0350. The van der Waals surface area contributed by atoms with Crippen LogP contribution in [0.3, 0.4) is 0 Å². The Balaban J connectivity index is 3.40. The highest BCUT2D eigenvalue weighted by atomic mass is 35.5. The van der Waals surface area contributed by atoms with E-state index in [2.05, 4.69) is 0 Å². The van der Waals surface area contributed by atoms with Crippen LogP contribution in [0.5, 0.6) is 0 Å². The highest BCUT2D eigenvalue weighted by molar-refractivity contribution is 6.31. The molecule has 0 heterocycles. The summed E-state index contributed by atoms with van der Waals surface area (Å²) in [4.78, 5) is 11.0. The van der Waals surface area contributed by atoms with Crippen LogP contribution in [0.15, 0.2) is 12.1 Å². The number of anilines is 1. The van der Waals surface area contributed by atoms with E-state index in [1.165, 1.54) is 13.0 Å². The quantitative estimate of drug-likeness (QED) is 0.614. The Labute approximate surface area is 84.7 Å². The number of Topliss-reactive ketones (excluding diaryl/α,β-unsaturated/α-hetero) is 1. The molecule has 0 aliphatic heterocycles. The second kappa shape index (κ2) is 3.92. The standard InChI is InChI=1S/C9H8ClF2NO/c1-4(14)6-2-5(10)3-7(8(6)13)9(11)12/h2-3,9H,13H2,1H3. The van der Waals surface area contributed by atoms with E-state index >= 15 is 0 Å². The van der Waals surface area contributed by atoms with Gasteiger partial charge in [-0.2, -0.15) is 0 Å². The Morgan fingerprint density at radius 3 is 2.50 bits per heavy atom. The molecule has 2 nitrogen and oxygen atoms in total. The normalized spacial score (nSPS) is 10.6. The maximum atomic E-state index is 12.4. The molecule has 5 heteroatoms. The van der Waals surface area contributed by atoms with Gasteiger partial charge in [0.25, 0.3) is 6.43 Å². The van der Waals surface area contributed by atoms with Gasteiger partial charge in [0.1, 0.15) is 0 Å². The van der Waals surface area contributed by atoms with Crippen molar-refractivity contribution >= 4 is 23.1 Å². The first-order valence-corrected chi connectivity index (χ1v) is 4.19. The summed E-state index contributed by atoms with van der Waals surface area (Å²) >= 11 is 5.57. The van der Waals surface area contributed by atoms with Gasteiger partial charge in [-0.05, 0) is 19.1 Å². The maximum absolute atomic E-state index is 12.4. The molecule has 1 rings (SSSR count). The third kappa shape index (κ3) is 2.01. The Morgan fingerprint density at radius 1 is 1.50 bits per heavy atom. The second-order valence-corrected chi connectivity index (χ2v) is 3.25. The number of hydrogen-bond donors (Lipinski definition) is 1. The molecule has 0 atom stereocenters. The van der Waals surface area contributed by atoms with Crippen molar-refractivity contribution in [2.45, 2.75) is 13.3 Å². The van der Waals surface area contributed by atoms with Gasteiger partial charge in [0, 0.05) is 16.1 Å². The van der Waals surface area contributed by atoms with Crippen molar-refractivity contribution in [3.05, 3.63) is 28.3 Å². The molecule has 0 saturated heterocycles. The smallest absolute Gasteiger partial charge is 0.265 e. The minimum Gasteiger partial charge on any atom is -0.398 e. The van der Waals surface area contributed by atoms with Gasteiger partial charge in [-0.25, -0.2) is 8.78 Å². The SMILES string of the molecule is CC(=O)c1cc(Cl)cc(C(F)F)c1N. The number of benzene rings is 1. The van der Waals surface area contributed by atoms with Crippen LogP contribution in [0.1, 0.15) is 29.3 Å². The summed E-state index contributed by atoms with van der Waals surface area (Å²) in [6, 6.07) is 2.35. The third-order valence-corrected chi connectivity index (χ3v) is 2.01. The molecule has 1 aromatic rings. The van der Waals surface area contributed by atoms with Crippen molar-refractivity contribution in [1.29, 1.82) is 0 Å². The molecule has 0 aromatic heterocycles. The highest BCUT2D eigenvalue weighted by Gasteiger charge is 2.17. The van der Waals surface area contributed by atoms with Gasteiger partial charge in [-0.15, -0.1) is 0 Å². The van der Waals surface area contributed by atoms with Gasteiger partial charge in [0.2, 0.25) is 0 Å². The predicted molar refractivity (Wildman–Crippen MR) is 50.8 cm³/mol. The summed E-state index contributed by atoms with van der Waals surface area (Å²) in [6.45, 7) is 1.25. The molecule has 14 heavy (non-hydrogen) atoms. The van der Waals surface area contributed by atoms with E-state index in [0.717, 1.165) is 6.07 Å². The molecule has 0 spiro atoms. The van der Waals surface area contributed by atoms with E-state index in [1.807, 2.05) is 0 Å². The van der Waals surface area contributed by atoms with Gasteiger partial charge >= 0.3 is 0 Å². The number of hydrogen-bond acceptors (Lipinski definition) is 2. The van der Waals surface area contributed by atoms with Gasteiger partial charge < -0.3 is 5.73 Å². The Hall–Kier alpha value is -1.16. The molecule has 0 amide bonds. The number of halogens is 3. The van der Waals surface area contributed by atoms with Crippen LogP contribution >= 0.6 is 11.6 Å². The lowest BCUT2D eigenvalue weighted by molar-refractivity contribution is 0.101. The summed E-state index contributed by atoms with van der Waals surface area (Å²) in [7, 11) is 0. The first-order chi connectivity index (χ1) is 6.43. The zero-order valence-electron chi connectivity index (χ0n) is 7.35. The van der Waals surface area contributed by atoms with E-state index in [9.17, 15) is 13.6 Å². The number of alkyl halides is 2. The number of nitrogens with two attached hydrogens (primary N) is 1. The molecular formula is C9H8ClF2NO. The number of rotatable bonds is 2. The van der Waals surface area contributed by atoms with Crippen LogP contribution in [-0.2, 0) is 0 Å². The predicted octanol–water partition coefficient (Wildman–Crippen LogP) is 3.06.